The van der Waals surface area contributed by atoms with E-state index in [9.17, 15) is 9.59 Å². The number of amides is 2. The van der Waals surface area contributed by atoms with Gasteiger partial charge in [0.25, 0.3) is 0 Å². The number of carbonyl (C=O) groups excluding carboxylic acids is 2. The lowest BCUT2D eigenvalue weighted by molar-refractivity contribution is -0.126. The van der Waals surface area contributed by atoms with E-state index in [0.717, 1.165) is 30.9 Å². The number of benzene rings is 2. The highest BCUT2D eigenvalue weighted by Gasteiger charge is 2.25. The van der Waals surface area contributed by atoms with E-state index in [1.54, 1.807) is 4.90 Å². The fraction of sp³-hybridized carbons (Fsp3) is 0.391. The Labute approximate surface area is 197 Å². The van der Waals surface area contributed by atoms with Gasteiger partial charge in [-0.25, -0.2) is 0 Å². The topological polar surface area (TPSA) is 78.7 Å². The van der Waals surface area contributed by atoms with Crippen LogP contribution in [0, 0.1) is 5.92 Å². The van der Waals surface area contributed by atoms with Crippen LogP contribution in [0.15, 0.2) is 54.6 Å². The fourth-order valence-corrected chi connectivity index (χ4v) is 3.53. The summed E-state index contributed by atoms with van der Waals surface area (Å²) in [5.41, 5.74) is 9.02. The maximum atomic E-state index is 12.9. The molecule has 0 aliphatic carbocycles. The molecule has 1 aliphatic rings. The van der Waals surface area contributed by atoms with Crippen LogP contribution >= 0.6 is 24.8 Å². The number of hydrogen-bond donors (Lipinski definition) is 2. The van der Waals surface area contributed by atoms with E-state index in [4.69, 9.17) is 5.73 Å². The van der Waals surface area contributed by atoms with Crippen molar-refractivity contribution < 1.29 is 9.59 Å². The SMILES string of the molecule is CC(C)[C@H](N)C(=O)NCC(=O)N1CCCN(Cc2ccccc2)c2ccccc21.Cl.Cl. The first-order chi connectivity index (χ1) is 14.0. The molecule has 31 heavy (non-hydrogen) atoms. The molecule has 1 atom stereocenters. The van der Waals surface area contributed by atoms with Crippen LogP contribution in [0.3, 0.4) is 0 Å². The van der Waals surface area contributed by atoms with Gasteiger partial charge in [-0.1, -0.05) is 56.3 Å². The van der Waals surface area contributed by atoms with Crippen molar-refractivity contribution >= 4 is 48.0 Å². The molecule has 2 amide bonds. The van der Waals surface area contributed by atoms with E-state index in [2.05, 4.69) is 28.4 Å². The molecule has 0 spiro atoms. The number of hydrogen-bond acceptors (Lipinski definition) is 4. The molecule has 170 valence electrons. The zero-order chi connectivity index (χ0) is 20.8. The highest BCUT2D eigenvalue weighted by molar-refractivity contribution is 6.00. The summed E-state index contributed by atoms with van der Waals surface area (Å²) in [5, 5.41) is 2.69. The van der Waals surface area contributed by atoms with Gasteiger partial charge in [0.2, 0.25) is 11.8 Å². The molecule has 1 heterocycles. The lowest BCUT2D eigenvalue weighted by Crippen LogP contribution is -2.48. The molecule has 0 fully saturated rings. The number of rotatable bonds is 6. The molecule has 2 aromatic rings. The minimum absolute atomic E-state index is 0. The Morgan fingerprint density at radius 3 is 2.23 bits per heavy atom. The number of fused-ring (bicyclic) bond motifs is 1. The van der Waals surface area contributed by atoms with Gasteiger partial charge in [0.15, 0.2) is 0 Å². The standard InChI is InChI=1S/C23H30N4O2.2ClH/c1-17(2)22(24)23(29)25-15-21(28)27-14-8-13-26(16-18-9-4-3-5-10-18)19-11-6-7-12-20(19)27;;/h3-7,9-12,17,22H,8,13-16,24H2,1-2H3,(H,25,29);2*1H/t22-;;/m0../s1. The van der Waals surface area contributed by atoms with Crippen molar-refractivity contribution in [1.82, 2.24) is 5.32 Å². The summed E-state index contributed by atoms with van der Waals surface area (Å²) in [6.45, 7) is 6.00. The minimum Gasteiger partial charge on any atom is -0.365 e. The first-order valence-corrected chi connectivity index (χ1v) is 10.2. The third kappa shape index (κ3) is 6.86. The van der Waals surface area contributed by atoms with Gasteiger partial charge in [-0.3, -0.25) is 9.59 Å². The lowest BCUT2D eigenvalue weighted by Gasteiger charge is -2.27. The minimum atomic E-state index is -0.611. The normalized spacial score (nSPS) is 13.9. The summed E-state index contributed by atoms with van der Waals surface area (Å²) >= 11 is 0. The molecule has 8 heteroatoms. The maximum Gasteiger partial charge on any atom is 0.246 e. The van der Waals surface area contributed by atoms with Gasteiger partial charge in [0.1, 0.15) is 0 Å². The van der Waals surface area contributed by atoms with Crippen LogP contribution in [-0.2, 0) is 16.1 Å². The first kappa shape index (κ1) is 26.8. The van der Waals surface area contributed by atoms with Gasteiger partial charge in [-0.05, 0) is 30.0 Å². The van der Waals surface area contributed by atoms with E-state index in [0.29, 0.717) is 6.54 Å². The van der Waals surface area contributed by atoms with Crippen LogP contribution in [0.25, 0.3) is 0 Å². The largest absolute Gasteiger partial charge is 0.365 e. The number of nitrogens with one attached hydrogen (secondary N) is 1. The fourth-order valence-electron chi connectivity index (χ4n) is 3.53. The molecule has 3 N–H and O–H groups in total. The Kier molecular flexibility index (Phi) is 10.8. The summed E-state index contributed by atoms with van der Waals surface area (Å²) < 4.78 is 0. The number of anilines is 2. The van der Waals surface area contributed by atoms with E-state index < -0.39 is 6.04 Å². The van der Waals surface area contributed by atoms with Crippen molar-refractivity contribution in [3.05, 3.63) is 60.2 Å². The Morgan fingerprint density at radius 1 is 0.968 bits per heavy atom. The summed E-state index contributed by atoms with van der Waals surface area (Å²) in [5.74, 6) is -0.388. The van der Waals surface area contributed by atoms with E-state index in [-0.39, 0.29) is 49.1 Å². The van der Waals surface area contributed by atoms with Crippen molar-refractivity contribution in [3.8, 4) is 0 Å². The second-order valence-electron chi connectivity index (χ2n) is 7.78. The Hall–Kier alpha value is -2.28. The second kappa shape index (κ2) is 12.5. The van der Waals surface area contributed by atoms with Gasteiger partial charge in [-0.2, -0.15) is 0 Å². The van der Waals surface area contributed by atoms with Gasteiger partial charge in [0.05, 0.1) is 24.0 Å². The van der Waals surface area contributed by atoms with Gasteiger partial charge >= 0.3 is 0 Å². The highest BCUT2D eigenvalue weighted by atomic mass is 35.5. The number of nitrogens with zero attached hydrogens (tertiary/aromatic N) is 2. The molecule has 0 saturated heterocycles. The molecule has 6 nitrogen and oxygen atoms in total. The van der Waals surface area contributed by atoms with Gasteiger partial charge in [0, 0.05) is 19.6 Å². The predicted octanol–water partition coefficient (Wildman–Crippen LogP) is 3.37. The third-order valence-corrected chi connectivity index (χ3v) is 5.28. The van der Waals surface area contributed by atoms with Crippen molar-refractivity contribution in [3.63, 3.8) is 0 Å². The van der Waals surface area contributed by atoms with Gasteiger partial charge < -0.3 is 20.9 Å². The number of para-hydroxylation sites is 2. The monoisotopic (exact) mass is 466 g/mol. The van der Waals surface area contributed by atoms with Crippen LogP contribution in [0.5, 0.6) is 0 Å². The predicted molar refractivity (Wildman–Crippen MR) is 131 cm³/mol. The number of halogens is 2. The van der Waals surface area contributed by atoms with Crippen molar-refractivity contribution in [1.29, 1.82) is 0 Å². The van der Waals surface area contributed by atoms with Crippen LogP contribution in [0.2, 0.25) is 0 Å². The maximum absolute atomic E-state index is 12.9. The lowest BCUT2D eigenvalue weighted by atomic mass is 10.1. The van der Waals surface area contributed by atoms with E-state index in [1.807, 2.05) is 50.2 Å². The quantitative estimate of drug-likeness (QED) is 0.683. The zero-order valence-corrected chi connectivity index (χ0v) is 19.6. The van der Waals surface area contributed by atoms with Crippen LogP contribution in [-0.4, -0.2) is 37.5 Å². The molecule has 0 unspecified atom stereocenters. The van der Waals surface area contributed by atoms with Crippen molar-refractivity contribution in [2.45, 2.75) is 32.9 Å². The van der Waals surface area contributed by atoms with E-state index >= 15 is 0 Å². The molecule has 0 aromatic heterocycles. The summed E-state index contributed by atoms with van der Waals surface area (Å²) in [6, 6.07) is 17.7. The third-order valence-electron chi connectivity index (χ3n) is 5.28. The first-order valence-electron chi connectivity index (χ1n) is 10.2. The molecular formula is C23H32Cl2N4O2. The van der Waals surface area contributed by atoms with Crippen LogP contribution < -0.4 is 20.9 Å². The summed E-state index contributed by atoms with van der Waals surface area (Å²) in [6.07, 6.45) is 0.854. The van der Waals surface area contributed by atoms with Crippen molar-refractivity contribution in [2.75, 3.05) is 29.4 Å². The summed E-state index contributed by atoms with van der Waals surface area (Å²) in [4.78, 5) is 29.1. The Bertz CT molecular complexity index is 848. The van der Waals surface area contributed by atoms with Crippen molar-refractivity contribution in [2.24, 2.45) is 11.7 Å². The second-order valence-corrected chi connectivity index (χ2v) is 7.78. The molecule has 0 radical (unpaired) electrons. The molecule has 3 rings (SSSR count). The molecular weight excluding hydrogens is 435 g/mol. The van der Waals surface area contributed by atoms with Crippen LogP contribution in [0.4, 0.5) is 11.4 Å². The summed E-state index contributed by atoms with van der Waals surface area (Å²) in [7, 11) is 0. The van der Waals surface area contributed by atoms with Crippen LogP contribution in [0.1, 0.15) is 25.8 Å². The van der Waals surface area contributed by atoms with Gasteiger partial charge in [-0.15, -0.1) is 24.8 Å². The molecule has 0 saturated carbocycles. The van der Waals surface area contributed by atoms with E-state index in [1.165, 1.54) is 5.56 Å². The Morgan fingerprint density at radius 2 is 1.58 bits per heavy atom. The zero-order valence-electron chi connectivity index (χ0n) is 18.0. The average molecular weight is 467 g/mol. The molecule has 2 aromatic carbocycles. The highest BCUT2D eigenvalue weighted by Crippen LogP contribution is 2.33. The average Bonchev–Trinajstić information content (AvgIpc) is 2.91. The molecule has 0 bridgehead atoms. The smallest absolute Gasteiger partial charge is 0.246 e. The molecule has 1 aliphatic heterocycles. The number of nitrogens with two attached hydrogens (primary N) is 1. The Balaban J connectivity index is 0.00000240. The number of carbonyl (C=O) groups is 2.